The number of nitrogens with zero attached hydrogens (tertiary/aromatic N) is 1. The molecule has 0 radical (unpaired) electrons. The lowest BCUT2D eigenvalue weighted by Crippen LogP contribution is -2.25. The Labute approximate surface area is 96.6 Å². The maximum atomic E-state index is 11.5. The van der Waals surface area contributed by atoms with Crippen molar-refractivity contribution in [3.05, 3.63) is 23.8 Å². The van der Waals surface area contributed by atoms with Crippen molar-refractivity contribution in [3.63, 3.8) is 0 Å². The first-order valence-electron chi connectivity index (χ1n) is 4.94. The molecule has 0 spiro atoms. The van der Waals surface area contributed by atoms with Gasteiger partial charge in [-0.25, -0.2) is 4.79 Å². The van der Waals surface area contributed by atoms with Crippen LogP contribution in [0.2, 0.25) is 0 Å². The molecule has 1 aromatic rings. The average Bonchev–Trinajstić information content (AvgIpc) is 2.57. The minimum absolute atomic E-state index is 0.00451. The molecular weight excluding hydrogens is 224 g/mol. The van der Waals surface area contributed by atoms with Crippen LogP contribution in [-0.4, -0.2) is 29.3 Å². The van der Waals surface area contributed by atoms with E-state index in [-0.39, 0.29) is 35.9 Å². The Morgan fingerprint density at radius 3 is 2.53 bits per heavy atom. The zero-order chi connectivity index (χ0) is 12.6. The first-order valence-corrected chi connectivity index (χ1v) is 4.94. The highest BCUT2D eigenvalue weighted by molar-refractivity contribution is 6.16. The number of amides is 1. The lowest BCUT2D eigenvalue weighted by atomic mass is 10.1. The van der Waals surface area contributed by atoms with Crippen molar-refractivity contribution >= 4 is 29.0 Å². The molecule has 0 saturated carbocycles. The number of Topliss-reactive ketones (excluding diaryl/α,β-unsaturated/α-hetero) is 1. The van der Waals surface area contributed by atoms with Crippen LogP contribution in [-0.2, 0) is 9.59 Å². The molecule has 6 nitrogen and oxygen atoms in total. The molecule has 1 amide bonds. The molecule has 1 aromatic carbocycles. The van der Waals surface area contributed by atoms with Crippen LogP contribution in [0.5, 0.6) is 0 Å². The number of carbonyl (C=O) groups is 3. The summed E-state index contributed by atoms with van der Waals surface area (Å²) in [5.74, 6) is -1.58. The molecule has 88 valence electrons. The second-order valence-corrected chi connectivity index (χ2v) is 3.77. The van der Waals surface area contributed by atoms with Gasteiger partial charge in [0.2, 0.25) is 5.91 Å². The third-order valence-corrected chi connectivity index (χ3v) is 2.55. The van der Waals surface area contributed by atoms with Crippen molar-refractivity contribution in [1.82, 2.24) is 0 Å². The Balaban J connectivity index is 2.37. The zero-order valence-electron chi connectivity index (χ0n) is 8.84. The molecule has 1 aliphatic heterocycles. The number of hydrogen-bond donors (Lipinski definition) is 2. The maximum absolute atomic E-state index is 11.5. The number of carboxylic acid groups (broad SMARTS) is 1. The first-order chi connectivity index (χ1) is 7.99. The predicted molar refractivity (Wildman–Crippen MR) is 59.8 cm³/mol. The van der Waals surface area contributed by atoms with Gasteiger partial charge in [0.1, 0.15) is 0 Å². The smallest absolute Gasteiger partial charge is 0.335 e. The summed E-state index contributed by atoms with van der Waals surface area (Å²) in [4.78, 5) is 34.6. The third kappa shape index (κ3) is 1.96. The molecule has 0 atom stereocenters. The van der Waals surface area contributed by atoms with Crippen molar-refractivity contribution in [2.24, 2.45) is 0 Å². The largest absolute Gasteiger partial charge is 0.478 e. The standard InChI is InChI=1S/C11H10N2O4/c12-8-3-6(11(16)17)1-2-9(8)13-5-7(14)4-10(13)15/h1-3H,4-5,12H2,(H,16,17). The fourth-order valence-electron chi connectivity index (χ4n) is 1.74. The van der Waals surface area contributed by atoms with E-state index in [2.05, 4.69) is 0 Å². The number of carbonyl (C=O) groups excluding carboxylic acids is 2. The number of anilines is 2. The fraction of sp³-hybridized carbons (Fsp3) is 0.182. The van der Waals surface area contributed by atoms with Gasteiger partial charge >= 0.3 is 5.97 Å². The van der Waals surface area contributed by atoms with Crippen molar-refractivity contribution in [3.8, 4) is 0 Å². The Morgan fingerprint density at radius 1 is 1.35 bits per heavy atom. The maximum Gasteiger partial charge on any atom is 0.335 e. The number of rotatable bonds is 2. The van der Waals surface area contributed by atoms with E-state index in [0.717, 1.165) is 0 Å². The number of aromatic carboxylic acids is 1. The molecule has 3 N–H and O–H groups in total. The summed E-state index contributed by atoms with van der Waals surface area (Å²) in [6, 6.07) is 4.06. The van der Waals surface area contributed by atoms with Gasteiger partial charge in [-0.3, -0.25) is 9.59 Å². The highest BCUT2D eigenvalue weighted by atomic mass is 16.4. The second kappa shape index (κ2) is 3.89. The van der Waals surface area contributed by atoms with Crippen LogP contribution in [0.15, 0.2) is 18.2 Å². The van der Waals surface area contributed by atoms with Gasteiger partial charge < -0.3 is 15.7 Å². The molecule has 0 aromatic heterocycles. The number of ketones is 1. The number of hydrogen-bond acceptors (Lipinski definition) is 4. The van der Waals surface area contributed by atoms with Crippen LogP contribution in [0.4, 0.5) is 11.4 Å². The van der Waals surface area contributed by atoms with E-state index in [0.29, 0.717) is 5.69 Å². The summed E-state index contributed by atoms with van der Waals surface area (Å²) in [5.41, 5.74) is 6.28. The van der Waals surface area contributed by atoms with E-state index < -0.39 is 5.97 Å². The molecule has 0 unspecified atom stereocenters. The summed E-state index contributed by atoms with van der Waals surface area (Å²) < 4.78 is 0. The highest BCUT2D eigenvalue weighted by Gasteiger charge is 2.29. The molecule has 17 heavy (non-hydrogen) atoms. The van der Waals surface area contributed by atoms with Crippen molar-refractivity contribution in [1.29, 1.82) is 0 Å². The van der Waals surface area contributed by atoms with E-state index in [4.69, 9.17) is 10.8 Å². The van der Waals surface area contributed by atoms with Crippen LogP contribution in [0.25, 0.3) is 0 Å². The first kappa shape index (κ1) is 11.1. The summed E-state index contributed by atoms with van der Waals surface area (Å²) >= 11 is 0. The molecule has 2 rings (SSSR count). The molecule has 6 heteroatoms. The van der Waals surface area contributed by atoms with Crippen molar-refractivity contribution < 1.29 is 19.5 Å². The van der Waals surface area contributed by atoms with E-state index in [1.807, 2.05) is 0 Å². The molecule has 1 fully saturated rings. The van der Waals surface area contributed by atoms with Crippen LogP contribution < -0.4 is 10.6 Å². The summed E-state index contributed by atoms with van der Waals surface area (Å²) in [6.45, 7) is -0.00451. The monoisotopic (exact) mass is 234 g/mol. The van der Waals surface area contributed by atoms with Gasteiger partial charge in [0.15, 0.2) is 5.78 Å². The number of nitrogens with two attached hydrogens (primary N) is 1. The summed E-state index contributed by atoms with van der Waals surface area (Å²) in [6.07, 6.45) is -0.125. The molecule has 1 saturated heterocycles. The molecular formula is C11H10N2O4. The van der Waals surface area contributed by atoms with Gasteiger partial charge in [0.25, 0.3) is 0 Å². The Hall–Kier alpha value is -2.37. The van der Waals surface area contributed by atoms with E-state index in [9.17, 15) is 14.4 Å². The van der Waals surface area contributed by atoms with Gasteiger partial charge in [0.05, 0.1) is 29.9 Å². The van der Waals surface area contributed by atoms with Gasteiger partial charge in [-0.15, -0.1) is 0 Å². The van der Waals surface area contributed by atoms with Gasteiger partial charge in [-0.1, -0.05) is 0 Å². The third-order valence-electron chi connectivity index (χ3n) is 2.55. The van der Waals surface area contributed by atoms with Crippen LogP contribution >= 0.6 is 0 Å². The van der Waals surface area contributed by atoms with Crippen LogP contribution in [0.3, 0.4) is 0 Å². The highest BCUT2D eigenvalue weighted by Crippen LogP contribution is 2.27. The van der Waals surface area contributed by atoms with Gasteiger partial charge in [-0.2, -0.15) is 0 Å². The Kier molecular flexibility index (Phi) is 2.55. The second-order valence-electron chi connectivity index (χ2n) is 3.77. The van der Waals surface area contributed by atoms with E-state index in [1.165, 1.54) is 23.1 Å². The number of benzene rings is 1. The van der Waals surface area contributed by atoms with Gasteiger partial charge in [-0.05, 0) is 18.2 Å². The lowest BCUT2D eigenvalue weighted by molar-refractivity contribution is -0.121. The molecule has 0 bridgehead atoms. The SMILES string of the molecule is Nc1cc(C(=O)O)ccc1N1CC(=O)CC1=O. The molecule has 0 aliphatic carbocycles. The average molecular weight is 234 g/mol. The fourth-order valence-corrected chi connectivity index (χ4v) is 1.74. The molecule has 1 heterocycles. The minimum Gasteiger partial charge on any atom is -0.478 e. The zero-order valence-corrected chi connectivity index (χ0v) is 8.84. The van der Waals surface area contributed by atoms with Crippen LogP contribution in [0, 0.1) is 0 Å². The predicted octanol–water partition coefficient (Wildman–Crippen LogP) is 0.273. The number of nitrogen functional groups attached to an aromatic ring is 1. The van der Waals surface area contributed by atoms with Crippen LogP contribution in [0.1, 0.15) is 16.8 Å². The van der Waals surface area contributed by atoms with Crippen molar-refractivity contribution in [2.75, 3.05) is 17.2 Å². The Bertz CT molecular complexity index is 524. The van der Waals surface area contributed by atoms with Gasteiger partial charge in [0, 0.05) is 0 Å². The van der Waals surface area contributed by atoms with Crippen molar-refractivity contribution in [2.45, 2.75) is 6.42 Å². The molecule has 1 aliphatic rings. The minimum atomic E-state index is -1.09. The summed E-state index contributed by atoms with van der Waals surface area (Å²) in [5, 5.41) is 8.77. The summed E-state index contributed by atoms with van der Waals surface area (Å²) in [7, 11) is 0. The van der Waals surface area contributed by atoms with E-state index in [1.54, 1.807) is 0 Å². The normalized spacial score (nSPS) is 15.4. The topological polar surface area (TPSA) is 101 Å². The number of carboxylic acids is 1. The van der Waals surface area contributed by atoms with E-state index >= 15 is 0 Å². The lowest BCUT2D eigenvalue weighted by Gasteiger charge is -2.17. The Morgan fingerprint density at radius 2 is 2.06 bits per heavy atom. The quantitative estimate of drug-likeness (QED) is 0.565.